The van der Waals surface area contributed by atoms with Gasteiger partial charge in [-0.05, 0) is 49.4 Å². The molecule has 2 aliphatic carbocycles. The third-order valence-electron chi connectivity index (χ3n) is 7.50. The van der Waals surface area contributed by atoms with Crippen LogP contribution in [0.2, 0.25) is 0 Å². The Bertz CT molecular complexity index is 1390. The molecular weight excluding hydrogens is 515 g/mol. The number of hydrogen-bond acceptors (Lipinski definition) is 4. The minimum absolute atomic E-state index is 0.0419. The minimum Gasteiger partial charge on any atom is -0.357 e. The van der Waals surface area contributed by atoms with Crippen molar-refractivity contribution in [3.05, 3.63) is 52.1 Å². The van der Waals surface area contributed by atoms with Crippen molar-refractivity contribution in [3.63, 3.8) is 0 Å². The lowest BCUT2D eigenvalue weighted by Gasteiger charge is -2.45. The molecule has 0 saturated heterocycles. The summed E-state index contributed by atoms with van der Waals surface area (Å²) in [6, 6.07) is 2.64. The molecule has 0 spiro atoms. The van der Waals surface area contributed by atoms with E-state index in [9.17, 15) is 41.1 Å². The van der Waals surface area contributed by atoms with Crippen LogP contribution in [-0.2, 0) is 16.0 Å². The number of aromatic nitrogens is 1. The highest BCUT2D eigenvalue weighted by atomic mass is 19.3. The van der Waals surface area contributed by atoms with Gasteiger partial charge >= 0.3 is 0 Å². The van der Waals surface area contributed by atoms with Gasteiger partial charge in [0.15, 0.2) is 0 Å². The summed E-state index contributed by atoms with van der Waals surface area (Å²) < 4.78 is 68.8. The molecular formula is C25H23F5N4O4. The lowest BCUT2D eigenvalue weighted by molar-refractivity contribution is -0.164. The van der Waals surface area contributed by atoms with Gasteiger partial charge in [0.05, 0.1) is 11.1 Å². The van der Waals surface area contributed by atoms with Crippen LogP contribution < -0.4 is 16.0 Å². The molecule has 2 fully saturated rings. The van der Waals surface area contributed by atoms with Crippen LogP contribution in [0, 0.1) is 18.7 Å². The monoisotopic (exact) mass is 538 g/mol. The Morgan fingerprint density at radius 2 is 1.82 bits per heavy atom. The Morgan fingerprint density at radius 3 is 2.42 bits per heavy atom. The van der Waals surface area contributed by atoms with Crippen molar-refractivity contribution < 1.29 is 41.1 Å². The normalized spacial score (nSPS) is 21.7. The van der Waals surface area contributed by atoms with E-state index in [4.69, 9.17) is 0 Å². The Kier molecular flexibility index (Phi) is 5.88. The second-order valence-corrected chi connectivity index (χ2v) is 10.1. The number of fused-ring (bicyclic) bond motifs is 3. The number of hydrogen-bond donors (Lipinski definition) is 3. The smallest absolute Gasteiger partial charge is 0.293 e. The molecule has 13 heteroatoms. The van der Waals surface area contributed by atoms with Gasteiger partial charge in [-0.2, -0.15) is 0 Å². The number of nitrogens with zero attached hydrogens (tertiary/aromatic N) is 1. The topological polar surface area (TPSA) is 109 Å². The third-order valence-corrected chi connectivity index (χ3v) is 7.50. The average molecular weight is 538 g/mol. The highest BCUT2D eigenvalue weighted by Gasteiger charge is 2.62. The number of rotatable bonds is 7. The van der Waals surface area contributed by atoms with Crippen molar-refractivity contribution >= 4 is 29.2 Å². The van der Waals surface area contributed by atoms with Crippen molar-refractivity contribution in [2.45, 2.75) is 56.5 Å². The molecule has 1 aliphatic heterocycles. The molecule has 0 radical (unpaired) electrons. The van der Waals surface area contributed by atoms with Gasteiger partial charge in [-0.3, -0.25) is 19.2 Å². The van der Waals surface area contributed by atoms with Gasteiger partial charge in [0, 0.05) is 37.3 Å². The Labute approximate surface area is 212 Å². The number of nitrogens with one attached hydrogen (secondary N) is 3. The zero-order valence-corrected chi connectivity index (χ0v) is 20.3. The molecule has 38 heavy (non-hydrogen) atoms. The highest BCUT2D eigenvalue weighted by molar-refractivity contribution is 6.44. The SMILES string of the molecule is CNC(=O)C1(NC(=O)C(=O)c2c(C)c(C(=O)Nc3ccc(F)c(C(F)F)c3)n3c2C[C@H]2C[C@H]23)CC(F)(F)C1. The van der Waals surface area contributed by atoms with Crippen LogP contribution in [0.15, 0.2) is 18.2 Å². The maximum absolute atomic E-state index is 13.7. The number of carbonyl (C=O) groups is 4. The summed E-state index contributed by atoms with van der Waals surface area (Å²) in [6.07, 6.45) is -3.88. The molecule has 8 nitrogen and oxygen atoms in total. The molecule has 5 rings (SSSR count). The number of likely N-dealkylation sites (N-methyl/N-ethyl adjacent to an activating group) is 1. The molecule has 1 aromatic carbocycles. The van der Waals surface area contributed by atoms with E-state index in [1.807, 2.05) is 0 Å². The number of benzene rings is 1. The largest absolute Gasteiger partial charge is 0.357 e. The van der Waals surface area contributed by atoms with Crippen LogP contribution in [-0.4, -0.2) is 46.6 Å². The zero-order valence-electron chi connectivity index (χ0n) is 20.3. The number of carbonyl (C=O) groups excluding carboxylic acids is 4. The van der Waals surface area contributed by atoms with E-state index in [-0.39, 0.29) is 34.5 Å². The highest BCUT2D eigenvalue weighted by Crippen LogP contribution is 2.54. The fourth-order valence-corrected chi connectivity index (χ4v) is 5.68. The number of ketones is 1. The van der Waals surface area contributed by atoms with Crippen LogP contribution in [0.1, 0.15) is 69.4 Å². The number of amides is 3. The lowest BCUT2D eigenvalue weighted by atomic mass is 9.72. The molecule has 3 N–H and O–H groups in total. The van der Waals surface area contributed by atoms with Crippen molar-refractivity contribution in [1.29, 1.82) is 0 Å². The summed E-state index contributed by atoms with van der Waals surface area (Å²) in [5.74, 6) is -8.09. The van der Waals surface area contributed by atoms with Crippen LogP contribution in [0.3, 0.4) is 0 Å². The first-order valence-electron chi connectivity index (χ1n) is 11.9. The standard InChI is InChI=1S/C25H23F5N4O4/c1-10-17(19(35)22(37)33-24(23(38)31-2)8-25(29,30)9-24)16-6-11-5-15(11)34(16)18(10)21(36)32-12-3-4-14(26)13(7-12)20(27)28/h3-4,7,11,15,20H,5-6,8-9H2,1-2H3,(H,31,38)(H,32,36)(H,33,37)/t11-,15-/m1/s1. The second kappa shape index (κ2) is 8.63. The van der Waals surface area contributed by atoms with Gasteiger partial charge in [-0.1, -0.05) is 0 Å². The summed E-state index contributed by atoms with van der Waals surface area (Å²) in [5, 5.41) is 6.86. The van der Waals surface area contributed by atoms with E-state index in [1.165, 1.54) is 14.0 Å². The average Bonchev–Trinajstić information content (AvgIpc) is 3.40. The number of halogens is 5. The van der Waals surface area contributed by atoms with Gasteiger partial charge in [-0.15, -0.1) is 0 Å². The number of Topliss-reactive ketones (excluding diaryl/α,β-unsaturated/α-hetero) is 1. The van der Waals surface area contributed by atoms with Crippen molar-refractivity contribution in [2.24, 2.45) is 5.92 Å². The van der Waals surface area contributed by atoms with E-state index in [1.54, 1.807) is 4.57 Å². The van der Waals surface area contributed by atoms with Gasteiger partial charge in [-0.25, -0.2) is 22.0 Å². The Balaban J connectivity index is 1.45. The summed E-state index contributed by atoms with van der Waals surface area (Å²) in [7, 11) is 1.22. The van der Waals surface area contributed by atoms with E-state index < -0.39 is 65.6 Å². The van der Waals surface area contributed by atoms with E-state index in [0.717, 1.165) is 24.6 Å². The summed E-state index contributed by atoms with van der Waals surface area (Å²) >= 11 is 0. The molecule has 2 saturated carbocycles. The minimum atomic E-state index is -3.17. The van der Waals surface area contributed by atoms with Crippen LogP contribution in [0.25, 0.3) is 0 Å². The van der Waals surface area contributed by atoms with E-state index >= 15 is 0 Å². The molecule has 3 aliphatic rings. The van der Waals surface area contributed by atoms with Crippen LogP contribution in [0.5, 0.6) is 0 Å². The number of alkyl halides is 4. The quantitative estimate of drug-likeness (QED) is 0.285. The first kappa shape index (κ1) is 25.9. The predicted molar refractivity (Wildman–Crippen MR) is 123 cm³/mol. The summed E-state index contributed by atoms with van der Waals surface area (Å²) in [5.41, 5.74) is -2.36. The molecule has 2 atom stereocenters. The van der Waals surface area contributed by atoms with Gasteiger partial charge in [0.1, 0.15) is 17.1 Å². The molecule has 202 valence electrons. The number of anilines is 1. The summed E-state index contributed by atoms with van der Waals surface area (Å²) in [4.78, 5) is 51.7. The molecule has 0 unspecified atom stereocenters. The van der Waals surface area contributed by atoms with Crippen LogP contribution >= 0.6 is 0 Å². The van der Waals surface area contributed by atoms with Crippen molar-refractivity contribution in [3.8, 4) is 0 Å². The molecule has 3 amide bonds. The van der Waals surface area contributed by atoms with Crippen LogP contribution in [0.4, 0.5) is 27.6 Å². The van der Waals surface area contributed by atoms with E-state index in [2.05, 4.69) is 16.0 Å². The third kappa shape index (κ3) is 4.04. The maximum Gasteiger partial charge on any atom is 0.293 e. The predicted octanol–water partition coefficient (Wildman–Crippen LogP) is 3.46. The van der Waals surface area contributed by atoms with Crippen molar-refractivity contribution in [2.75, 3.05) is 12.4 Å². The fraction of sp³-hybridized carbons (Fsp3) is 0.440. The first-order valence-corrected chi connectivity index (χ1v) is 11.9. The van der Waals surface area contributed by atoms with Gasteiger partial charge in [0.25, 0.3) is 29.9 Å². The Morgan fingerprint density at radius 1 is 1.13 bits per heavy atom. The van der Waals surface area contributed by atoms with Crippen molar-refractivity contribution in [1.82, 2.24) is 15.2 Å². The van der Waals surface area contributed by atoms with E-state index in [0.29, 0.717) is 12.1 Å². The molecule has 0 bridgehead atoms. The lowest BCUT2D eigenvalue weighted by Crippen LogP contribution is -2.69. The second-order valence-electron chi connectivity index (χ2n) is 10.1. The molecule has 1 aromatic heterocycles. The molecule has 2 aromatic rings. The molecule has 2 heterocycles. The van der Waals surface area contributed by atoms with Gasteiger partial charge in [0.2, 0.25) is 5.91 Å². The maximum atomic E-state index is 13.7. The zero-order chi connectivity index (χ0) is 27.7. The fourth-order valence-electron chi connectivity index (χ4n) is 5.68. The summed E-state index contributed by atoms with van der Waals surface area (Å²) in [6.45, 7) is 1.44. The Hall–Kier alpha value is -3.77. The van der Waals surface area contributed by atoms with Gasteiger partial charge < -0.3 is 20.5 Å². The first-order chi connectivity index (χ1) is 17.8.